The predicted octanol–water partition coefficient (Wildman–Crippen LogP) is 2.78. The SMILES string of the molecule is CC1(C)SCN(CCCCN2CCN(c3n[nH]c4ccccc34)CC2)C1=O. The van der Waals surface area contributed by atoms with Gasteiger partial charge in [0.2, 0.25) is 5.91 Å². The van der Waals surface area contributed by atoms with Crippen molar-refractivity contribution in [1.29, 1.82) is 0 Å². The summed E-state index contributed by atoms with van der Waals surface area (Å²) in [6.07, 6.45) is 2.24. The van der Waals surface area contributed by atoms with Crippen LogP contribution in [-0.4, -0.2) is 75.8 Å². The van der Waals surface area contributed by atoms with E-state index in [0.29, 0.717) is 5.91 Å². The van der Waals surface area contributed by atoms with Crippen LogP contribution in [-0.2, 0) is 4.79 Å². The topological polar surface area (TPSA) is 55.5 Å². The summed E-state index contributed by atoms with van der Waals surface area (Å²) in [5, 5.41) is 8.87. The Morgan fingerprint density at radius 3 is 2.59 bits per heavy atom. The number of rotatable bonds is 6. The monoisotopic (exact) mass is 387 g/mol. The number of nitrogens with one attached hydrogen (secondary N) is 1. The highest BCUT2D eigenvalue weighted by atomic mass is 32.2. The summed E-state index contributed by atoms with van der Waals surface area (Å²) in [7, 11) is 0. The number of hydrogen-bond acceptors (Lipinski definition) is 5. The Bertz CT molecular complexity index is 797. The van der Waals surface area contributed by atoms with Gasteiger partial charge in [0, 0.05) is 38.1 Å². The summed E-state index contributed by atoms with van der Waals surface area (Å²) in [6.45, 7) is 10.3. The van der Waals surface area contributed by atoms with Crippen molar-refractivity contribution < 1.29 is 4.79 Å². The van der Waals surface area contributed by atoms with E-state index in [1.165, 1.54) is 5.39 Å². The minimum Gasteiger partial charge on any atom is -0.352 e. The smallest absolute Gasteiger partial charge is 0.238 e. The van der Waals surface area contributed by atoms with E-state index < -0.39 is 0 Å². The number of thioether (sulfide) groups is 1. The summed E-state index contributed by atoms with van der Waals surface area (Å²) in [6, 6.07) is 8.33. The van der Waals surface area contributed by atoms with Gasteiger partial charge in [-0.2, -0.15) is 5.10 Å². The number of nitrogens with zero attached hydrogens (tertiary/aromatic N) is 4. The van der Waals surface area contributed by atoms with Gasteiger partial charge in [-0.25, -0.2) is 0 Å². The number of carbonyl (C=O) groups excluding carboxylic acids is 1. The van der Waals surface area contributed by atoms with Crippen molar-refractivity contribution in [2.24, 2.45) is 0 Å². The van der Waals surface area contributed by atoms with Gasteiger partial charge in [-0.15, -0.1) is 11.8 Å². The number of fused-ring (bicyclic) bond motifs is 1. The molecule has 0 atom stereocenters. The Morgan fingerprint density at radius 2 is 1.85 bits per heavy atom. The van der Waals surface area contributed by atoms with Crippen LogP contribution in [0.1, 0.15) is 26.7 Å². The summed E-state index contributed by atoms with van der Waals surface area (Å²) in [5.41, 5.74) is 1.10. The number of H-pyrrole nitrogens is 1. The lowest BCUT2D eigenvalue weighted by Crippen LogP contribution is -2.47. The van der Waals surface area contributed by atoms with Gasteiger partial charge >= 0.3 is 0 Å². The van der Waals surface area contributed by atoms with Crippen LogP contribution >= 0.6 is 11.8 Å². The summed E-state index contributed by atoms with van der Waals surface area (Å²) < 4.78 is -0.229. The Morgan fingerprint density at radius 1 is 1.11 bits per heavy atom. The fraction of sp³-hybridized carbons (Fsp3) is 0.600. The largest absolute Gasteiger partial charge is 0.352 e. The maximum absolute atomic E-state index is 12.2. The lowest BCUT2D eigenvalue weighted by atomic mass is 10.1. The van der Waals surface area contributed by atoms with Gasteiger partial charge in [0.25, 0.3) is 0 Å². The average Bonchev–Trinajstić information content (AvgIpc) is 3.21. The first kappa shape index (κ1) is 18.6. The molecule has 0 unspecified atom stereocenters. The van der Waals surface area contributed by atoms with Gasteiger partial charge in [-0.3, -0.25) is 14.8 Å². The molecule has 3 heterocycles. The van der Waals surface area contributed by atoms with Crippen molar-refractivity contribution in [3.8, 4) is 0 Å². The Labute approximate surface area is 165 Å². The maximum Gasteiger partial charge on any atom is 0.238 e. The number of para-hydroxylation sites is 1. The Kier molecular flexibility index (Phi) is 5.32. The predicted molar refractivity (Wildman–Crippen MR) is 112 cm³/mol. The number of aromatic amines is 1. The molecule has 2 fully saturated rings. The Balaban J connectivity index is 1.20. The number of anilines is 1. The molecule has 0 spiro atoms. The number of piperazine rings is 1. The molecule has 1 N–H and O–H groups in total. The molecule has 0 radical (unpaired) electrons. The molecule has 146 valence electrons. The van der Waals surface area contributed by atoms with Crippen LogP contribution in [0.4, 0.5) is 5.82 Å². The second kappa shape index (κ2) is 7.72. The molecule has 0 bridgehead atoms. The van der Waals surface area contributed by atoms with E-state index in [2.05, 4.69) is 38.2 Å². The number of hydrogen-bond donors (Lipinski definition) is 1. The summed E-state index contributed by atoms with van der Waals surface area (Å²) >= 11 is 1.75. The van der Waals surface area contributed by atoms with Crippen LogP contribution in [0.25, 0.3) is 10.9 Å². The molecule has 2 saturated heterocycles. The molecule has 0 saturated carbocycles. The van der Waals surface area contributed by atoms with E-state index in [0.717, 1.165) is 69.3 Å². The molecule has 1 aromatic heterocycles. The molecule has 2 aliphatic heterocycles. The molecule has 4 rings (SSSR count). The third-order valence-electron chi connectivity index (χ3n) is 5.66. The maximum atomic E-state index is 12.2. The van der Waals surface area contributed by atoms with Gasteiger partial charge in [0.05, 0.1) is 16.1 Å². The molecule has 7 heteroatoms. The van der Waals surface area contributed by atoms with E-state index in [-0.39, 0.29) is 4.75 Å². The molecule has 0 aliphatic carbocycles. The minimum atomic E-state index is -0.229. The molecule has 27 heavy (non-hydrogen) atoms. The molecular weight excluding hydrogens is 358 g/mol. The number of aromatic nitrogens is 2. The van der Waals surface area contributed by atoms with Gasteiger partial charge in [-0.05, 0) is 45.4 Å². The molecule has 2 aromatic rings. The van der Waals surface area contributed by atoms with Gasteiger partial charge < -0.3 is 9.80 Å². The van der Waals surface area contributed by atoms with Crippen LogP contribution in [0.5, 0.6) is 0 Å². The lowest BCUT2D eigenvalue weighted by molar-refractivity contribution is -0.130. The van der Waals surface area contributed by atoms with Crippen molar-refractivity contribution >= 4 is 34.4 Å². The number of benzene rings is 1. The van der Waals surface area contributed by atoms with Crippen LogP contribution in [0, 0.1) is 0 Å². The van der Waals surface area contributed by atoms with Crippen LogP contribution in [0.15, 0.2) is 24.3 Å². The highest BCUT2D eigenvalue weighted by Crippen LogP contribution is 2.34. The highest BCUT2D eigenvalue weighted by molar-refractivity contribution is 8.01. The minimum absolute atomic E-state index is 0.229. The number of amides is 1. The second-order valence-corrected chi connectivity index (χ2v) is 9.55. The van der Waals surface area contributed by atoms with Gasteiger partial charge in [0.15, 0.2) is 5.82 Å². The van der Waals surface area contributed by atoms with Crippen LogP contribution in [0.2, 0.25) is 0 Å². The molecular formula is C20H29N5OS. The first-order chi connectivity index (χ1) is 13.0. The van der Waals surface area contributed by atoms with Crippen molar-refractivity contribution in [3.05, 3.63) is 24.3 Å². The van der Waals surface area contributed by atoms with E-state index in [9.17, 15) is 4.79 Å². The first-order valence-corrected chi connectivity index (χ1v) is 10.9. The van der Waals surface area contributed by atoms with E-state index in [1.807, 2.05) is 24.8 Å². The fourth-order valence-corrected chi connectivity index (χ4v) is 4.90. The quantitative estimate of drug-likeness (QED) is 0.773. The van der Waals surface area contributed by atoms with E-state index in [1.54, 1.807) is 11.8 Å². The third kappa shape index (κ3) is 3.94. The van der Waals surface area contributed by atoms with Gasteiger partial charge in [-0.1, -0.05) is 12.1 Å². The van der Waals surface area contributed by atoms with Crippen LogP contribution < -0.4 is 4.90 Å². The zero-order valence-electron chi connectivity index (χ0n) is 16.3. The van der Waals surface area contributed by atoms with Crippen molar-refractivity contribution in [3.63, 3.8) is 0 Å². The summed E-state index contributed by atoms with van der Waals surface area (Å²) in [5.74, 6) is 2.23. The normalized spacial score (nSPS) is 20.7. The standard InChI is InChI=1S/C20H29N5OS/c1-20(2)19(26)25(15-27-20)10-6-5-9-23-11-13-24(14-12-23)18-16-7-3-4-8-17(16)21-22-18/h3-4,7-8H,5-6,9-15H2,1-2H3,(H,21,22). The number of carbonyl (C=O) groups is 1. The van der Waals surface area contributed by atoms with Gasteiger partial charge in [0.1, 0.15) is 0 Å². The summed E-state index contributed by atoms with van der Waals surface area (Å²) in [4.78, 5) is 19.2. The number of unbranched alkanes of at least 4 members (excludes halogenated alkanes) is 1. The zero-order chi connectivity index (χ0) is 18.9. The fourth-order valence-electron chi connectivity index (χ4n) is 3.92. The van der Waals surface area contributed by atoms with Crippen molar-refractivity contribution in [2.75, 3.05) is 50.0 Å². The third-order valence-corrected chi connectivity index (χ3v) is 6.99. The molecule has 1 aromatic carbocycles. The van der Waals surface area contributed by atoms with Crippen molar-refractivity contribution in [1.82, 2.24) is 20.0 Å². The second-order valence-electron chi connectivity index (χ2n) is 7.98. The van der Waals surface area contributed by atoms with E-state index >= 15 is 0 Å². The lowest BCUT2D eigenvalue weighted by Gasteiger charge is -2.35. The Hall–Kier alpha value is -1.73. The highest BCUT2D eigenvalue weighted by Gasteiger charge is 2.38. The first-order valence-electron chi connectivity index (χ1n) is 9.88. The van der Waals surface area contributed by atoms with E-state index in [4.69, 9.17) is 0 Å². The molecule has 1 amide bonds. The average molecular weight is 388 g/mol. The molecule has 6 nitrogen and oxygen atoms in total. The van der Waals surface area contributed by atoms with Crippen molar-refractivity contribution in [2.45, 2.75) is 31.4 Å². The molecule has 2 aliphatic rings. The zero-order valence-corrected chi connectivity index (χ0v) is 17.1. The van der Waals surface area contributed by atoms with Crippen LogP contribution in [0.3, 0.4) is 0 Å².